The largest absolute Gasteiger partial charge is 0.395 e. The third kappa shape index (κ3) is 4.57. The third-order valence-corrected chi connectivity index (χ3v) is 5.46. The van der Waals surface area contributed by atoms with Crippen molar-refractivity contribution in [3.63, 3.8) is 0 Å². The normalized spacial score (nSPS) is 24.8. The van der Waals surface area contributed by atoms with Crippen molar-refractivity contribution in [2.24, 2.45) is 0 Å². The van der Waals surface area contributed by atoms with E-state index in [2.05, 4.69) is 15.1 Å². The Kier molecular flexibility index (Phi) is 6.04. The van der Waals surface area contributed by atoms with Crippen LogP contribution >= 0.6 is 0 Å². The quantitative estimate of drug-likeness (QED) is 0.825. The number of halogens is 1. The second-order valence-electron chi connectivity index (χ2n) is 7.25. The Bertz CT molecular complexity index is 610. The van der Waals surface area contributed by atoms with E-state index >= 15 is 0 Å². The number of likely N-dealkylation sites (tertiary alicyclic amines) is 2. The minimum absolute atomic E-state index is 0.102. The summed E-state index contributed by atoms with van der Waals surface area (Å²) in [6.07, 6.45) is 4.37. The number of carbonyl (C=O) groups is 1. The van der Waals surface area contributed by atoms with E-state index in [1.54, 1.807) is 19.1 Å². The number of rotatable bonds is 6. The Labute approximate surface area is 148 Å². The standard InChI is InChI=1S/C19H28FN3O2/c1-14-6-7-15(10-18(14)20)21-19(25)12-23-9-2-4-16(23)11-22-8-3-5-17(22)13-24/h6-7,10,16-17,24H,2-5,8-9,11-13H2,1H3,(H,21,25). The van der Waals surface area contributed by atoms with Gasteiger partial charge in [0.05, 0.1) is 13.2 Å². The Morgan fingerprint density at radius 3 is 2.68 bits per heavy atom. The number of nitrogens with zero attached hydrogens (tertiary/aromatic N) is 2. The summed E-state index contributed by atoms with van der Waals surface area (Å²) in [5.41, 5.74) is 1.07. The molecule has 2 aliphatic rings. The molecule has 138 valence electrons. The summed E-state index contributed by atoms with van der Waals surface area (Å²) in [6, 6.07) is 5.39. The van der Waals surface area contributed by atoms with Crippen LogP contribution in [0.5, 0.6) is 0 Å². The highest BCUT2D eigenvalue weighted by Crippen LogP contribution is 2.23. The molecule has 2 saturated heterocycles. The average molecular weight is 349 g/mol. The summed E-state index contributed by atoms with van der Waals surface area (Å²) in [5, 5.41) is 12.3. The zero-order valence-corrected chi connectivity index (χ0v) is 14.9. The molecule has 0 saturated carbocycles. The summed E-state index contributed by atoms with van der Waals surface area (Å²) < 4.78 is 13.6. The number of amides is 1. The van der Waals surface area contributed by atoms with Gasteiger partial charge < -0.3 is 10.4 Å². The molecule has 0 aromatic heterocycles. The molecule has 6 heteroatoms. The molecular weight excluding hydrogens is 321 g/mol. The van der Waals surface area contributed by atoms with E-state index in [0.717, 1.165) is 45.3 Å². The molecule has 0 spiro atoms. The van der Waals surface area contributed by atoms with E-state index in [1.165, 1.54) is 6.07 Å². The van der Waals surface area contributed by atoms with Crippen LogP contribution in [0, 0.1) is 12.7 Å². The first-order valence-corrected chi connectivity index (χ1v) is 9.22. The predicted molar refractivity (Wildman–Crippen MR) is 96.0 cm³/mol. The number of aliphatic hydroxyl groups excluding tert-OH is 1. The number of aliphatic hydroxyl groups is 1. The lowest BCUT2D eigenvalue weighted by molar-refractivity contribution is -0.117. The maximum Gasteiger partial charge on any atom is 0.238 e. The van der Waals surface area contributed by atoms with Gasteiger partial charge in [0.1, 0.15) is 5.82 Å². The molecule has 1 aromatic carbocycles. The number of hydrogen-bond donors (Lipinski definition) is 2. The maximum absolute atomic E-state index is 13.6. The molecule has 2 N–H and O–H groups in total. The molecule has 0 bridgehead atoms. The zero-order valence-electron chi connectivity index (χ0n) is 14.9. The molecule has 3 rings (SSSR count). The van der Waals surface area contributed by atoms with Gasteiger partial charge in [0, 0.05) is 24.3 Å². The second kappa shape index (κ2) is 8.25. The Balaban J connectivity index is 1.53. The van der Waals surface area contributed by atoms with Gasteiger partial charge >= 0.3 is 0 Å². The minimum Gasteiger partial charge on any atom is -0.395 e. The van der Waals surface area contributed by atoms with Gasteiger partial charge in [0.2, 0.25) is 5.91 Å². The van der Waals surface area contributed by atoms with Crippen LogP contribution in [0.15, 0.2) is 18.2 Å². The topological polar surface area (TPSA) is 55.8 Å². The minimum atomic E-state index is -0.305. The van der Waals surface area contributed by atoms with Crippen molar-refractivity contribution < 1.29 is 14.3 Å². The molecule has 1 amide bonds. The highest BCUT2D eigenvalue weighted by molar-refractivity contribution is 5.92. The molecule has 25 heavy (non-hydrogen) atoms. The van der Waals surface area contributed by atoms with Crippen LogP contribution in [0.2, 0.25) is 0 Å². The van der Waals surface area contributed by atoms with E-state index < -0.39 is 0 Å². The van der Waals surface area contributed by atoms with Crippen LogP contribution in [-0.2, 0) is 4.79 Å². The Morgan fingerprint density at radius 1 is 1.24 bits per heavy atom. The van der Waals surface area contributed by atoms with Gasteiger partial charge in [-0.15, -0.1) is 0 Å². The van der Waals surface area contributed by atoms with Crippen molar-refractivity contribution in [2.45, 2.75) is 44.7 Å². The van der Waals surface area contributed by atoms with Crippen molar-refractivity contribution in [1.82, 2.24) is 9.80 Å². The number of carbonyl (C=O) groups excluding carboxylic acids is 1. The second-order valence-corrected chi connectivity index (χ2v) is 7.25. The fourth-order valence-corrected chi connectivity index (χ4v) is 3.98. The van der Waals surface area contributed by atoms with Gasteiger partial charge in [-0.05, 0) is 63.4 Å². The van der Waals surface area contributed by atoms with Crippen LogP contribution in [0.25, 0.3) is 0 Å². The van der Waals surface area contributed by atoms with Crippen molar-refractivity contribution in [3.05, 3.63) is 29.6 Å². The first kappa shape index (κ1) is 18.3. The lowest BCUT2D eigenvalue weighted by atomic mass is 10.2. The van der Waals surface area contributed by atoms with E-state index in [1.807, 2.05) is 0 Å². The van der Waals surface area contributed by atoms with Crippen molar-refractivity contribution in [3.8, 4) is 0 Å². The number of anilines is 1. The van der Waals surface area contributed by atoms with E-state index in [0.29, 0.717) is 23.8 Å². The molecular formula is C19H28FN3O2. The molecule has 2 atom stereocenters. The summed E-state index contributed by atoms with van der Waals surface area (Å²) in [7, 11) is 0. The zero-order chi connectivity index (χ0) is 17.8. The molecule has 2 heterocycles. The molecule has 2 unspecified atom stereocenters. The fourth-order valence-electron chi connectivity index (χ4n) is 3.98. The van der Waals surface area contributed by atoms with E-state index in [9.17, 15) is 14.3 Å². The summed E-state index contributed by atoms with van der Waals surface area (Å²) in [6.45, 7) is 5.11. The Hall–Kier alpha value is -1.50. The monoisotopic (exact) mass is 349 g/mol. The van der Waals surface area contributed by atoms with Crippen molar-refractivity contribution in [1.29, 1.82) is 0 Å². The molecule has 2 fully saturated rings. The number of nitrogens with one attached hydrogen (secondary N) is 1. The lowest BCUT2D eigenvalue weighted by Gasteiger charge is -2.31. The highest BCUT2D eigenvalue weighted by Gasteiger charge is 2.31. The van der Waals surface area contributed by atoms with Crippen LogP contribution in [0.4, 0.5) is 10.1 Å². The fraction of sp³-hybridized carbons (Fsp3) is 0.632. The molecule has 5 nitrogen and oxygen atoms in total. The Morgan fingerprint density at radius 2 is 1.96 bits per heavy atom. The predicted octanol–water partition coefficient (Wildman–Crippen LogP) is 1.99. The van der Waals surface area contributed by atoms with Gasteiger partial charge in [-0.25, -0.2) is 4.39 Å². The van der Waals surface area contributed by atoms with Crippen LogP contribution < -0.4 is 5.32 Å². The molecule has 0 aliphatic carbocycles. The lowest BCUT2D eigenvalue weighted by Crippen LogP contribution is -2.45. The van der Waals surface area contributed by atoms with Crippen LogP contribution in [-0.4, -0.2) is 65.7 Å². The number of hydrogen-bond acceptors (Lipinski definition) is 4. The number of benzene rings is 1. The summed E-state index contributed by atoms with van der Waals surface area (Å²) >= 11 is 0. The van der Waals surface area contributed by atoms with Gasteiger partial charge in [-0.1, -0.05) is 6.07 Å². The first-order valence-electron chi connectivity index (χ1n) is 9.22. The van der Waals surface area contributed by atoms with Crippen molar-refractivity contribution >= 4 is 11.6 Å². The summed E-state index contributed by atoms with van der Waals surface area (Å²) in [5.74, 6) is -0.406. The van der Waals surface area contributed by atoms with Gasteiger partial charge in [0.25, 0.3) is 0 Å². The van der Waals surface area contributed by atoms with E-state index in [4.69, 9.17) is 0 Å². The molecule has 1 aromatic rings. The van der Waals surface area contributed by atoms with E-state index in [-0.39, 0.29) is 24.4 Å². The van der Waals surface area contributed by atoms with Crippen LogP contribution in [0.1, 0.15) is 31.2 Å². The highest BCUT2D eigenvalue weighted by atomic mass is 19.1. The van der Waals surface area contributed by atoms with Gasteiger partial charge in [-0.3, -0.25) is 14.6 Å². The summed E-state index contributed by atoms with van der Waals surface area (Å²) in [4.78, 5) is 16.9. The van der Waals surface area contributed by atoms with Crippen molar-refractivity contribution in [2.75, 3.05) is 38.1 Å². The molecule has 2 aliphatic heterocycles. The smallest absolute Gasteiger partial charge is 0.238 e. The average Bonchev–Trinajstić information content (AvgIpc) is 3.21. The molecule has 0 radical (unpaired) electrons. The third-order valence-electron chi connectivity index (χ3n) is 5.46. The number of aryl methyl sites for hydroxylation is 1. The van der Waals surface area contributed by atoms with Gasteiger partial charge in [-0.2, -0.15) is 0 Å². The SMILES string of the molecule is Cc1ccc(NC(=O)CN2CCCC2CN2CCCC2CO)cc1F. The first-order chi connectivity index (χ1) is 12.1. The van der Waals surface area contributed by atoms with Gasteiger partial charge in [0.15, 0.2) is 0 Å². The van der Waals surface area contributed by atoms with Crippen LogP contribution in [0.3, 0.4) is 0 Å². The maximum atomic E-state index is 13.6.